The molecule has 0 unspecified atom stereocenters. The fourth-order valence-electron chi connectivity index (χ4n) is 7.76. The number of fused-ring (bicyclic) bond motifs is 7. The summed E-state index contributed by atoms with van der Waals surface area (Å²) in [5.74, 6) is 1.87. The molecule has 53 heavy (non-hydrogen) atoms. The predicted octanol–water partition coefficient (Wildman–Crippen LogP) is 13.1. The van der Waals surface area contributed by atoms with Crippen LogP contribution in [0, 0.1) is 0 Å². The lowest BCUT2D eigenvalue weighted by atomic mass is 9.93. The number of rotatable bonds is 4. The maximum atomic E-state index is 6.76. The van der Waals surface area contributed by atoms with Crippen LogP contribution in [0.15, 0.2) is 180 Å². The highest BCUT2D eigenvalue weighted by Crippen LogP contribution is 2.42. The number of benzene rings is 9. The standard InChI is InChI=1S/C49H29N3O/c1-4-12-33-25-37(20-17-30(33)9-1)45-41-16-8-7-15-36(41)28-43-42-29-40(23-24-44(42)53-46(43)45)49-51-47(38-21-18-31-10-2-5-13-34(31)26-38)50-48(52-49)39-22-19-32-11-3-6-14-35(32)27-39/h1-29H. The first-order valence-electron chi connectivity index (χ1n) is 17.8. The zero-order valence-electron chi connectivity index (χ0n) is 28.5. The molecule has 0 aliphatic carbocycles. The third-order valence-electron chi connectivity index (χ3n) is 10.4. The van der Waals surface area contributed by atoms with Crippen molar-refractivity contribution < 1.29 is 4.42 Å². The molecule has 0 saturated heterocycles. The van der Waals surface area contributed by atoms with Gasteiger partial charge in [0, 0.05) is 33.0 Å². The summed E-state index contributed by atoms with van der Waals surface area (Å²) in [4.78, 5) is 15.3. The quantitative estimate of drug-likeness (QED) is 0.186. The van der Waals surface area contributed by atoms with Crippen LogP contribution >= 0.6 is 0 Å². The molecule has 11 aromatic rings. The maximum absolute atomic E-state index is 6.76. The molecular weight excluding hydrogens is 647 g/mol. The summed E-state index contributed by atoms with van der Waals surface area (Å²) in [7, 11) is 0. The van der Waals surface area contributed by atoms with Crippen molar-refractivity contribution in [2.24, 2.45) is 0 Å². The normalized spacial score (nSPS) is 11.8. The van der Waals surface area contributed by atoms with Crippen LogP contribution in [-0.4, -0.2) is 15.0 Å². The van der Waals surface area contributed by atoms with Crippen molar-refractivity contribution >= 4 is 65.0 Å². The Labute approximate surface area is 304 Å². The Morgan fingerprint density at radius 3 is 1.30 bits per heavy atom. The largest absolute Gasteiger partial charge is 0.455 e. The Bertz CT molecular complexity index is 3150. The minimum atomic E-state index is 0.609. The second-order valence-corrected chi connectivity index (χ2v) is 13.7. The summed E-state index contributed by atoms with van der Waals surface area (Å²) in [5.41, 5.74) is 6.69. The van der Waals surface area contributed by atoms with E-state index < -0.39 is 0 Å². The molecule has 0 fully saturated rings. The highest BCUT2D eigenvalue weighted by atomic mass is 16.3. The summed E-state index contributed by atoms with van der Waals surface area (Å²) in [6.07, 6.45) is 0. The van der Waals surface area contributed by atoms with E-state index >= 15 is 0 Å². The third-order valence-corrected chi connectivity index (χ3v) is 10.4. The first kappa shape index (κ1) is 29.5. The van der Waals surface area contributed by atoms with Gasteiger partial charge in [-0.25, -0.2) is 15.0 Å². The van der Waals surface area contributed by atoms with Crippen molar-refractivity contribution in [2.45, 2.75) is 0 Å². The minimum Gasteiger partial charge on any atom is -0.455 e. The van der Waals surface area contributed by atoms with Crippen molar-refractivity contribution in [3.63, 3.8) is 0 Å². The van der Waals surface area contributed by atoms with Crippen LogP contribution in [0.1, 0.15) is 0 Å². The monoisotopic (exact) mass is 675 g/mol. The fourth-order valence-corrected chi connectivity index (χ4v) is 7.76. The Balaban J connectivity index is 1.13. The summed E-state index contributed by atoms with van der Waals surface area (Å²) in [5, 5.41) is 11.4. The van der Waals surface area contributed by atoms with Crippen molar-refractivity contribution in [1.29, 1.82) is 0 Å². The average molecular weight is 676 g/mol. The van der Waals surface area contributed by atoms with Gasteiger partial charge in [0.15, 0.2) is 17.5 Å². The molecule has 0 spiro atoms. The molecule has 0 amide bonds. The number of aromatic nitrogens is 3. The Hall–Kier alpha value is -7.17. The number of furan rings is 1. The van der Waals surface area contributed by atoms with Gasteiger partial charge in [0.2, 0.25) is 0 Å². The molecule has 11 rings (SSSR count). The van der Waals surface area contributed by atoms with Crippen LogP contribution in [0.4, 0.5) is 0 Å². The van der Waals surface area contributed by atoms with E-state index in [9.17, 15) is 0 Å². The van der Waals surface area contributed by atoms with Gasteiger partial charge < -0.3 is 4.42 Å². The molecule has 2 heterocycles. The minimum absolute atomic E-state index is 0.609. The second-order valence-electron chi connectivity index (χ2n) is 13.7. The SMILES string of the molecule is c1ccc2cc(-c3nc(-c4ccc5ccccc5c4)nc(-c4ccc5oc6c(-c7ccc8ccccc8c7)c7ccccc7cc6c5c4)n3)ccc2c1. The molecule has 4 heteroatoms. The van der Waals surface area contributed by atoms with Crippen LogP contribution in [0.2, 0.25) is 0 Å². The van der Waals surface area contributed by atoms with Crippen LogP contribution in [0.25, 0.3) is 110 Å². The van der Waals surface area contributed by atoms with E-state index in [0.717, 1.165) is 71.3 Å². The van der Waals surface area contributed by atoms with E-state index in [0.29, 0.717) is 17.5 Å². The van der Waals surface area contributed by atoms with E-state index in [1.54, 1.807) is 0 Å². The van der Waals surface area contributed by atoms with Gasteiger partial charge in [0.1, 0.15) is 11.2 Å². The van der Waals surface area contributed by atoms with E-state index in [2.05, 4.69) is 176 Å². The van der Waals surface area contributed by atoms with Crippen LogP contribution < -0.4 is 0 Å². The molecule has 0 bridgehead atoms. The van der Waals surface area contributed by atoms with E-state index in [1.165, 1.54) is 21.5 Å². The topological polar surface area (TPSA) is 51.8 Å². The molecule has 0 saturated carbocycles. The summed E-state index contributed by atoms with van der Waals surface area (Å²) in [6.45, 7) is 0. The lowest BCUT2D eigenvalue weighted by molar-refractivity contribution is 0.670. The Morgan fingerprint density at radius 2 is 0.736 bits per heavy atom. The highest BCUT2D eigenvalue weighted by Gasteiger charge is 2.19. The Morgan fingerprint density at radius 1 is 0.302 bits per heavy atom. The van der Waals surface area contributed by atoms with Gasteiger partial charge in [0.05, 0.1) is 0 Å². The first-order chi connectivity index (χ1) is 26.2. The number of hydrogen-bond acceptors (Lipinski definition) is 4. The summed E-state index contributed by atoms with van der Waals surface area (Å²) in [6, 6.07) is 61.7. The van der Waals surface area contributed by atoms with Gasteiger partial charge in [-0.05, 0) is 91.1 Å². The van der Waals surface area contributed by atoms with Crippen molar-refractivity contribution in [3.8, 4) is 45.3 Å². The number of nitrogens with zero attached hydrogens (tertiary/aromatic N) is 3. The van der Waals surface area contributed by atoms with Gasteiger partial charge >= 0.3 is 0 Å². The molecule has 246 valence electrons. The maximum Gasteiger partial charge on any atom is 0.164 e. The van der Waals surface area contributed by atoms with Crippen molar-refractivity contribution in [2.75, 3.05) is 0 Å². The van der Waals surface area contributed by atoms with E-state index in [4.69, 9.17) is 19.4 Å². The van der Waals surface area contributed by atoms with E-state index in [-0.39, 0.29) is 0 Å². The van der Waals surface area contributed by atoms with Gasteiger partial charge in [0.25, 0.3) is 0 Å². The Kier molecular flexibility index (Phi) is 6.52. The van der Waals surface area contributed by atoms with Gasteiger partial charge in [-0.3, -0.25) is 0 Å². The second kappa shape index (κ2) is 11.7. The van der Waals surface area contributed by atoms with E-state index in [1.807, 2.05) is 0 Å². The third kappa shape index (κ3) is 4.95. The molecule has 0 N–H and O–H groups in total. The molecule has 0 aliphatic rings. The lowest BCUT2D eigenvalue weighted by Gasteiger charge is -2.10. The smallest absolute Gasteiger partial charge is 0.164 e. The van der Waals surface area contributed by atoms with Gasteiger partial charge in [-0.1, -0.05) is 133 Å². The lowest BCUT2D eigenvalue weighted by Crippen LogP contribution is -2.00. The summed E-state index contributed by atoms with van der Waals surface area (Å²) < 4.78 is 6.76. The van der Waals surface area contributed by atoms with Crippen LogP contribution in [0.3, 0.4) is 0 Å². The van der Waals surface area contributed by atoms with Crippen molar-refractivity contribution in [1.82, 2.24) is 15.0 Å². The first-order valence-corrected chi connectivity index (χ1v) is 17.8. The van der Waals surface area contributed by atoms with Crippen LogP contribution in [-0.2, 0) is 0 Å². The molecule has 0 atom stereocenters. The molecule has 0 aliphatic heterocycles. The molecule has 0 radical (unpaired) electrons. The van der Waals surface area contributed by atoms with Crippen LogP contribution in [0.5, 0.6) is 0 Å². The molecule has 2 aromatic heterocycles. The summed E-state index contributed by atoms with van der Waals surface area (Å²) >= 11 is 0. The number of hydrogen-bond donors (Lipinski definition) is 0. The molecular formula is C49H29N3O. The average Bonchev–Trinajstić information content (AvgIpc) is 3.59. The van der Waals surface area contributed by atoms with Gasteiger partial charge in [-0.15, -0.1) is 0 Å². The van der Waals surface area contributed by atoms with Crippen molar-refractivity contribution in [3.05, 3.63) is 176 Å². The highest BCUT2D eigenvalue weighted by molar-refractivity contribution is 6.19. The predicted molar refractivity (Wildman–Crippen MR) is 219 cm³/mol. The fraction of sp³-hybridized carbons (Fsp3) is 0. The van der Waals surface area contributed by atoms with Gasteiger partial charge in [-0.2, -0.15) is 0 Å². The zero-order valence-corrected chi connectivity index (χ0v) is 28.5. The molecule has 9 aromatic carbocycles. The molecule has 4 nitrogen and oxygen atoms in total. The zero-order chi connectivity index (χ0) is 34.9.